The quantitative estimate of drug-likeness (QED) is 0.653. The SMILES string of the molecule is CCCN1CC=C(c2c[nH]c3ccc(NC(=O)c4ccc(F)cc4)cc23)CC1. The van der Waals surface area contributed by atoms with Crippen molar-refractivity contribution in [1.82, 2.24) is 9.88 Å². The van der Waals surface area contributed by atoms with E-state index in [0.29, 0.717) is 5.56 Å². The maximum atomic E-state index is 13.1. The van der Waals surface area contributed by atoms with Gasteiger partial charge in [-0.1, -0.05) is 13.0 Å². The number of halogens is 1. The van der Waals surface area contributed by atoms with Gasteiger partial charge in [0.1, 0.15) is 5.82 Å². The molecule has 1 aliphatic heterocycles. The van der Waals surface area contributed by atoms with Gasteiger partial charge in [0.25, 0.3) is 5.91 Å². The smallest absolute Gasteiger partial charge is 0.255 e. The number of hydrogen-bond acceptors (Lipinski definition) is 2. The third kappa shape index (κ3) is 3.85. The summed E-state index contributed by atoms with van der Waals surface area (Å²) in [5.74, 6) is -0.600. The van der Waals surface area contributed by atoms with Crippen molar-refractivity contribution in [1.29, 1.82) is 0 Å². The number of nitrogens with one attached hydrogen (secondary N) is 2. The molecule has 2 aromatic carbocycles. The highest BCUT2D eigenvalue weighted by atomic mass is 19.1. The normalized spacial score (nSPS) is 14.9. The van der Waals surface area contributed by atoms with E-state index >= 15 is 0 Å². The molecule has 0 bridgehead atoms. The summed E-state index contributed by atoms with van der Waals surface area (Å²) in [5, 5.41) is 4.01. The van der Waals surface area contributed by atoms with Gasteiger partial charge < -0.3 is 10.3 Å². The minimum atomic E-state index is -0.354. The Labute approximate surface area is 164 Å². The van der Waals surface area contributed by atoms with Gasteiger partial charge in [0.15, 0.2) is 0 Å². The molecule has 0 aliphatic carbocycles. The first-order valence-electron chi connectivity index (χ1n) is 9.74. The van der Waals surface area contributed by atoms with Crippen LogP contribution in [0.1, 0.15) is 35.7 Å². The Morgan fingerprint density at radius 1 is 1.21 bits per heavy atom. The third-order valence-corrected chi connectivity index (χ3v) is 5.23. The molecular formula is C23H24FN3O. The average molecular weight is 377 g/mol. The zero-order chi connectivity index (χ0) is 19.5. The number of anilines is 1. The first-order valence-corrected chi connectivity index (χ1v) is 9.74. The van der Waals surface area contributed by atoms with Gasteiger partial charge in [-0.3, -0.25) is 9.69 Å². The molecule has 0 unspecified atom stereocenters. The fourth-order valence-electron chi connectivity index (χ4n) is 3.74. The molecule has 0 saturated carbocycles. The van der Waals surface area contributed by atoms with Crippen molar-refractivity contribution < 1.29 is 9.18 Å². The molecule has 0 radical (unpaired) electrons. The Bertz CT molecular complexity index is 1020. The molecule has 0 saturated heterocycles. The number of carbonyl (C=O) groups excluding carboxylic acids is 1. The number of nitrogens with zero attached hydrogens (tertiary/aromatic N) is 1. The van der Waals surface area contributed by atoms with Crippen LogP contribution in [0.25, 0.3) is 16.5 Å². The van der Waals surface area contributed by atoms with E-state index < -0.39 is 0 Å². The Hall–Kier alpha value is -2.92. The van der Waals surface area contributed by atoms with Crippen LogP contribution in [0.15, 0.2) is 54.7 Å². The first-order chi connectivity index (χ1) is 13.6. The van der Waals surface area contributed by atoms with E-state index in [1.807, 2.05) is 18.2 Å². The van der Waals surface area contributed by atoms with Gasteiger partial charge in [-0.25, -0.2) is 4.39 Å². The van der Waals surface area contributed by atoms with Crippen molar-refractivity contribution >= 4 is 28.1 Å². The predicted molar refractivity (Wildman–Crippen MR) is 112 cm³/mol. The van der Waals surface area contributed by atoms with Gasteiger partial charge >= 0.3 is 0 Å². The zero-order valence-electron chi connectivity index (χ0n) is 16.0. The Morgan fingerprint density at radius 2 is 2.04 bits per heavy atom. The topological polar surface area (TPSA) is 48.1 Å². The van der Waals surface area contributed by atoms with E-state index in [4.69, 9.17) is 0 Å². The summed E-state index contributed by atoms with van der Waals surface area (Å²) in [6.45, 7) is 5.40. The molecule has 1 amide bonds. The second kappa shape index (κ2) is 7.98. The number of benzene rings is 2. The van der Waals surface area contributed by atoms with Crippen molar-refractivity contribution in [2.24, 2.45) is 0 Å². The van der Waals surface area contributed by atoms with Crippen LogP contribution in [0.2, 0.25) is 0 Å². The Balaban J connectivity index is 1.56. The van der Waals surface area contributed by atoms with Crippen LogP contribution in [0.3, 0.4) is 0 Å². The number of fused-ring (bicyclic) bond motifs is 1. The van der Waals surface area contributed by atoms with Gasteiger partial charge in [0.2, 0.25) is 0 Å². The zero-order valence-corrected chi connectivity index (χ0v) is 16.0. The Morgan fingerprint density at radius 3 is 2.75 bits per heavy atom. The molecule has 1 aromatic heterocycles. The van der Waals surface area contributed by atoms with Gasteiger partial charge in [0, 0.05) is 47.0 Å². The maximum absolute atomic E-state index is 13.1. The van der Waals surface area contributed by atoms with Crippen molar-refractivity contribution in [3.05, 3.63) is 71.7 Å². The van der Waals surface area contributed by atoms with Crippen molar-refractivity contribution in [2.75, 3.05) is 25.0 Å². The molecule has 0 fully saturated rings. The molecular weight excluding hydrogens is 353 g/mol. The predicted octanol–water partition coefficient (Wildman–Crippen LogP) is 5.06. The largest absolute Gasteiger partial charge is 0.361 e. The molecule has 28 heavy (non-hydrogen) atoms. The van der Waals surface area contributed by atoms with Gasteiger partial charge in [-0.05, 0) is 67.4 Å². The number of rotatable bonds is 5. The number of aromatic nitrogens is 1. The molecule has 2 heterocycles. The van der Waals surface area contributed by atoms with Crippen LogP contribution in [-0.2, 0) is 0 Å². The summed E-state index contributed by atoms with van der Waals surface area (Å²) in [6, 6.07) is 11.4. The van der Waals surface area contributed by atoms with Crippen LogP contribution in [0.4, 0.5) is 10.1 Å². The maximum Gasteiger partial charge on any atom is 0.255 e. The van der Waals surface area contributed by atoms with Crippen molar-refractivity contribution in [3.8, 4) is 0 Å². The summed E-state index contributed by atoms with van der Waals surface area (Å²) in [4.78, 5) is 18.2. The van der Waals surface area contributed by atoms with Crippen LogP contribution in [0, 0.1) is 5.82 Å². The molecule has 144 valence electrons. The first kappa shape index (κ1) is 18.4. The summed E-state index contributed by atoms with van der Waals surface area (Å²) >= 11 is 0. The van der Waals surface area contributed by atoms with E-state index in [1.165, 1.54) is 41.8 Å². The lowest BCUT2D eigenvalue weighted by atomic mass is 9.98. The van der Waals surface area contributed by atoms with E-state index in [1.54, 1.807) is 0 Å². The van der Waals surface area contributed by atoms with Gasteiger partial charge in [-0.2, -0.15) is 0 Å². The van der Waals surface area contributed by atoms with Crippen LogP contribution < -0.4 is 5.32 Å². The molecule has 2 N–H and O–H groups in total. The average Bonchev–Trinajstić information content (AvgIpc) is 3.12. The molecule has 3 aromatic rings. The molecule has 0 spiro atoms. The second-order valence-electron chi connectivity index (χ2n) is 7.20. The summed E-state index contributed by atoms with van der Waals surface area (Å²) in [6.07, 6.45) is 6.57. The number of aromatic amines is 1. The number of carbonyl (C=O) groups is 1. The highest BCUT2D eigenvalue weighted by Crippen LogP contribution is 2.31. The van der Waals surface area contributed by atoms with Gasteiger partial charge in [0.05, 0.1) is 0 Å². The lowest BCUT2D eigenvalue weighted by Gasteiger charge is -2.25. The molecule has 4 rings (SSSR count). The minimum absolute atomic E-state index is 0.247. The van der Waals surface area contributed by atoms with Crippen molar-refractivity contribution in [3.63, 3.8) is 0 Å². The number of amides is 1. The van der Waals surface area contributed by atoms with Gasteiger partial charge in [-0.15, -0.1) is 0 Å². The molecule has 5 heteroatoms. The van der Waals surface area contributed by atoms with Crippen LogP contribution >= 0.6 is 0 Å². The van der Waals surface area contributed by atoms with Crippen molar-refractivity contribution in [2.45, 2.75) is 19.8 Å². The van der Waals surface area contributed by atoms with E-state index in [-0.39, 0.29) is 11.7 Å². The number of hydrogen-bond donors (Lipinski definition) is 2. The lowest BCUT2D eigenvalue weighted by molar-refractivity contribution is 0.102. The fourth-order valence-corrected chi connectivity index (χ4v) is 3.74. The van der Waals surface area contributed by atoms with E-state index in [0.717, 1.165) is 42.6 Å². The highest BCUT2D eigenvalue weighted by Gasteiger charge is 2.16. The lowest BCUT2D eigenvalue weighted by Crippen LogP contribution is -2.29. The minimum Gasteiger partial charge on any atom is -0.361 e. The van der Waals surface area contributed by atoms with Crippen LogP contribution in [0.5, 0.6) is 0 Å². The van der Waals surface area contributed by atoms with E-state index in [2.05, 4.69) is 34.4 Å². The summed E-state index contributed by atoms with van der Waals surface area (Å²) < 4.78 is 13.1. The van der Waals surface area contributed by atoms with Crippen LogP contribution in [-0.4, -0.2) is 35.4 Å². The monoisotopic (exact) mass is 377 g/mol. The molecule has 0 atom stereocenters. The highest BCUT2D eigenvalue weighted by molar-refractivity contribution is 6.05. The van der Waals surface area contributed by atoms with E-state index in [9.17, 15) is 9.18 Å². The summed E-state index contributed by atoms with van der Waals surface area (Å²) in [5.41, 5.74) is 4.75. The third-order valence-electron chi connectivity index (χ3n) is 5.23. The fraction of sp³-hybridized carbons (Fsp3) is 0.261. The Kier molecular flexibility index (Phi) is 5.26. The molecule has 4 nitrogen and oxygen atoms in total. The summed E-state index contributed by atoms with van der Waals surface area (Å²) in [7, 11) is 0. The second-order valence-corrected chi connectivity index (χ2v) is 7.20. The number of H-pyrrole nitrogens is 1. The standard InChI is InChI=1S/C23H24FN3O/c1-2-11-27-12-9-16(10-13-27)21-15-25-22-8-7-19(14-20(21)22)26-23(28)17-3-5-18(24)6-4-17/h3-9,14-15,25H,2,10-13H2,1H3,(H,26,28). The molecule has 1 aliphatic rings.